The first-order valence-electron chi connectivity index (χ1n) is 11.3. The molecule has 1 saturated heterocycles. The summed E-state index contributed by atoms with van der Waals surface area (Å²) in [5.74, 6) is 0.786. The third kappa shape index (κ3) is 3.26. The van der Waals surface area contributed by atoms with E-state index < -0.39 is 0 Å². The molecule has 7 heteroatoms. The molecule has 1 saturated carbocycles. The van der Waals surface area contributed by atoms with E-state index in [9.17, 15) is 4.79 Å². The van der Waals surface area contributed by atoms with Crippen LogP contribution in [0.3, 0.4) is 0 Å². The summed E-state index contributed by atoms with van der Waals surface area (Å²) in [6.07, 6.45) is 8.64. The summed E-state index contributed by atoms with van der Waals surface area (Å²) in [4.78, 5) is 25.6. The lowest BCUT2D eigenvalue weighted by Gasteiger charge is -2.31. The van der Waals surface area contributed by atoms with Crippen molar-refractivity contribution < 1.29 is 4.79 Å². The third-order valence-electron chi connectivity index (χ3n) is 7.26. The number of nitrogens with one attached hydrogen (secondary N) is 1. The van der Waals surface area contributed by atoms with Crippen LogP contribution in [0.2, 0.25) is 0 Å². The number of fused-ring (bicyclic) bond motifs is 4. The number of benzene rings is 1. The standard InChI is InChI=1S/C24H27N5OS/c1-13-11-26-21-20(25)22(31-24(21)27-13)23(30)28-17-5-3-16-10-19(7-4-15(16)9-17)29-12-14-2-6-18(29)8-14/h4,7,10-11,14,17-18H,2-3,5-6,8-9,12,25H2,1H3,(H,28,30)/t14-,17-,18+/m0/s1. The summed E-state index contributed by atoms with van der Waals surface area (Å²) >= 11 is 1.33. The van der Waals surface area contributed by atoms with E-state index in [1.54, 1.807) is 6.20 Å². The smallest absolute Gasteiger partial charge is 0.263 e. The number of hydrogen-bond acceptors (Lipinski definition) is 6. The second kappa shape index (κ2) is 7.19. The minimum Gasteiger partial charge on any atom is -0.396 e. The second-order valence-corrected chi connectivity index (χ2v) is 10.4. The van der Waals surface area contributed by atoms with Crippen LogP contribution in [-0.4, -0.2) is 34.5 Å². The number of aromatic nitrogens is 2. The lowest BCUT2D eigenvalue weighted by atomic mass is 9.87. The van der Waals surface area contributed by atoms with Crippen LogP contribution in [-0.2, 0) is 12.8 Å². The van der Waals surface area contributed by atoms with E-state index in [4.69, 9.17) is 5.73 Å². The van der Waals surface area contributed by atoms with Gasteiger partial charge in [-0.05, 0) is 74.6 Å². The zero-order valence-electron chi connectivity index (χ0n) is 17.7. The van der Waals surface area contributed by atoms with Gasteiger partial charge in [0.2, 0.25) is 0 Å². The van der Waals surface area contributed by atoms with Gasteiger partial charge in [-0.3, -0.25) is 4.79 Å². The summed E-state index contributed by atoms with van der Waals surface area (Å²) < 4.78 is 0. The number of thiophene rings is 1. The summed E-state index contributed by atoms with van der Waals surface area (Å²) in [6.45, 7) is 3.11. The Labute approximate surface area is 185 Å². The molecule has 3 aromatic rings. The number of amides is 1. The zero-order valence-corrected chi connectivity index (χ0v) is 18.5. The molecule has 3 N–H and O–H groups in total. The summed E-state index contributed by atoms with van der Waals surface area (Å²) in [6, 6.07) is 7.84. The van der Waals surface area contributed by atoms with Crippen molar-refractivity contribution >= 4 is 39.0 Å². The molecule has 0 unspecified atom stereocenters. The molecular weight excluding hydrogens is 406 g/mol. The first-order chi connectivity index (χ1) is 15.0. The molecule has 1 aromatic carbocycles. The van der Waals surface area contributed by atoms with Gasteiger partial charge in [0, 0.05) is 30.5 Å². The topological polar surface area (TPSA) is 84.1 Å². The number of carbonyl (C=O) groups is 1. The number of rotatable bonds is 3. The van der Waals surface area contributed by atoms with Crippen molar-refractivity contribution in [3.63, 3.8) is 0 Å². The second-order valence-electron chi connectivity index (χ2n) is 9.36. The maximum atomic E-state index is 13.0. The number of hydrogen-bond donors (Lipinski definition) is 2. The Hall–Kier alpha value is -2.67. The molecule has 2 bridgehead atoms. The highest BCUT2D eigenvalue weighted by Crippen LogP contribution is 2.41. The molecule has 0 radical (unpaired) electrons. The fourth-order valence-corrected chi connectivity index (χ4v) is 6.67. The van der Waals surface area contributed by atoms with Crippen LogP contribution in [0, 0.1) is 12.8 Å². The quantitative estimate of drug-likeness (QED) is 0.655. The fraction of sp³-hybridized carbons (Fsp3) is 0.458. The molecule has 6 rings (SSSR count). The predicted molar refractivity (Wildman–Crippen MR) is 125 cm³/mol. The van der Waals surface area contributed by atoms with Crippen LogP contribution in [0.15, 0.2) is 24.4 Å². The van der Waals surface area contributed by atoms with E-state index in [1.807, 2.05) is 6.92 Å². The normalized spacial score (nSPS) is 24.5. The Morgan fingerprint density at radius 1 is 1.26 bits per heavy atom. The van der Waals surface area contributed by atoms with Gasteiger partial charge in [-0.2, -0.15) is 0 Å². The number of aryl methyl sites for hydroxylation is 2. The molecule has 3 atom stereocenters. The van der Waals surface area contributed by atoms with E-state index in [0.29, 0.717) is 16.1 Å². The number of nitrogens with two attached hydrogens (primary N) is 1. The minimum absolute atomic E-state index is 0.113. The van der Waals surface area contributed by atoms with Gasteiger partial charge in [-0.25, -0.2) is 9.97 Å². The molecule has 31 heavy (non-hydrogen) atoms. The molecule has 0 spiro atoms. The molecule has 2 aromatic heterocycles. The van der Waals surface area contributed by atoms with Crippen LogP contribution >= 0.6 is 11.3 Å². The van der Waals surface area contributed by atoms with Crippen LogP contribution < -0.4 is 16.0 Å². The van der Waals surface area contributed by atoms with Gasteiger partial charge in [-0.15, -0.1) is 11.3 Å². The van der Waals surface area contributed by atoms with Gasteiger partial charge in [0.1, 0.15) is 15.2 Å². The van der Waals surface area contributed by atoms with Crippen molar-refractivity contribution in [2.45, 2.75) is 57.5 Å². The Morgan fingerprint density at radius 3 is 2.97 bits per heavy atom. The maximum Gasteiger partial charge on any atom is 0.263 e. The molecule has 6 nitrogen and oxygen atoms in total. The SMILES string of the molecule is Cc1cnc2c(N)c(C(=O)N[C@H]3CCc4cc(N5C[C@H]6CC[C@@H]5C6)ccc4C3)sc2n1. The average Bonchev–Trinajstić information content (AvgIpc) is 3.48. The maximum absolute atomic E-state index is 13.0. The van der Waals surface area contributed by atoms with E-state index in [1.165, 1.54) is 54.0 Å². The number of nitrogens with zero attached hydrogens (tertiary/aromatic N) is 3. The molecule has 2 fully saturated rings. The highest BCUT2D eigenvalue weighted by molar-refractivity contribution is 7.21. The molecule has 1 amide bonds. The van der Waals surface area contributed by atoms with Gasteiger partial charge in [-0.1, -0.05) is 6.07 Å². The third-order valence-corrected chi connectivity index (χ3v) is 8.35. The molecule has 3 aliphatic rings. The van der Waals surface area contributed by atoms with Crippen LogP contribution in [0.5, 0.6) is 0 Å². The van der Waals surface area contributed by atoms with Gasteiger partial charge >= 0.3 is 0 Å². The van der Waals surface area contributed by atoms with Gasteiger partial charge in [0.25, 0.3) is 5.91 Å². The van der Waals surface area contributed by atoms with Crippen LogP contribution in [0.1, 0.15) is 52.2 Å². The number of piperidine rings is 1. The number of anilines is 2. The lowest BCUT2D eigenvalue weighted by Crippen LogP contribution is -2.39. The zero-order chi connectivity index (χ0) is 21.1. The van der Waals surface area contributed by atoms with Gasteiger partial charge in [0.05, 0.1) is 11.4 Å². The summed E-state index contributed by atoms with van der Waals surface area (Å²) in [5, 5.41) is 3.21. The monoisotopic (exact) mass is 433 g/mol. The van der Waals surface area contributed by atoms with Crippen LogP contribution in [0.4, 0.5) is 11.4 Å². The highest BCUT2D eigenvalue weighted by Gasteiger charge is 2.38. The number of carbonyl (C=O) groups excluding carboxylic acids is 1. The van der Waals surface area contributed by atoms with E-state index in [2.05, 4.69) is 38.4 Å². The Morgan fingerprint density at radius 2 is 2.16 bits per heavy atom. The van der Waals surface area contributed by atoms with E-state index in [-0.39, 0.29) is 11.9 Å². The Kier molecular flexibility index (Phi) is 4.42. The van der Waals surface area contributed by atoms with Crippen molar-refractivity contribution in [3.05, 3.63) is 46.1 Å². The van der Waals surface area contributed by atoms with Crippen LogP contribution in [0.25, 0.3) is 10.3 Å². The summed E-state index contributed by atoms with van der Waals surface area (Å²) in [5.41, 5.74) is 12.3. The molecule has 1 aliphatic heterocycles. The number of nitrogen functional groups attached to an aromatic ring is 1. The van der Waals surface area contributed by atoms with Gasteiger partial charge < -0.3 is 16.0 Å². The van der Waals surface area contributed by atoms with Crippen molar-refractivity contribution in [2.75, 3.05) is 17.2 Å². The van der Waals surface area contributed by atoms with Crippen molar-refractivity contribution in [1.29, 1.82) is 0 Å². The Balaban J connectivity index is 1.17. The average molecular weight is 434 g/mol. The van der Waals surface area contributed by atoms with Crippen molar-refractivity contribution in [1.82, 2.24) is 15.3 Å². The molecule has 2 aliphatic carbocycles. The molecule has 160 valence electrons. The Bertz CT molecular complexity index is 1190. The molecule has 3 heterocycles. The predicted octanol–water partition coefficient (Wildman–Crippen LogP) is 3.86. The van der Waals surface area contributed by atoms with E-state index >= 15 is 0 Å². The highest BCUT2D eigenvalue weighted by atomic mass is 32.1. The van der Waals surface area contributed by atoms with Crippen molar-refractivity contribution in [3.8, 4) is 0 Å². The molecular formula is C24H27N5OS. The summed E-state index contributed by atoms with van der Waals surface area (Å²) in [7, 11) is 0. The van der Waals surface area contributed by atoms with E-state index in [0.717, 1.165) is 41.7 Å². The van der Waals surface area contributed by atoms with Crippen molar-refractivity contribution in [2.24, 2.45) is 5.92 Å². The first kappa shape index (κ1) is 19.0. The van der Waals surface area contributed by atoms with Gasteiger partial charge in [0.15, 0.2) is 0 Å². The fourth-order valence-electron chi connectivity index (χ4n) is 5.67. The first-order valence-corrected chi connectivity index (χ1v) is 12.1. The lowest BCUT2D eigenvalue weighted by molar-refractivity contribution is 0.0938. The minimum atomic E-state index is -0.113. The largest absolute Gasteiger partial charge is 0.396 e.